The summed E-state index contributed by atoms with van der Waals surface area (Å²) in [5.74, 6) is -1.25. The van der Waals surface area contributed by atoms with Crippen LogP contribution in [-0.2, 0) is 9.53 Å². The summed E-state index contributed by atoms with van der Waals surface area (Å²) < 4.78 is 26.4. The summed E-state index contributed by atoms with van der Waals surface area (Å²) in [4.78, 5) is 25.3. The van der Waals surface area contributed by atoms with E-state index in [1.165, 1.54) is 18.2 Å². The van der Waals surface area contributed by atoms with E-state index in [0.29, 0.717) is 29.2 Å². The number of nitrogens with two attached hydrogens (primary N) is 1. The van der Waals surface area contributed by atoms with Gasteiger partial charge in [0.25, 0.3) is 0 Å². The van der Waals surface area contributed by atoms with Crippen molar-refractivity contribution < 1.29 is 28.6 Å². The van der Waals surface area contributed by atoms with Crippen LogP contribution in [0, 0.1) is 5.82 Å². The first-order valence-corrected chi connectivity index (χ1v) is 12.9. The minimum Gasteiger partial charge on any atom is -0.505 e. The van der Waals surface area contributed by atoms with Crippen molar-refractivity contribution in [3.8, 4) is 11.5 Å². The minimum atomic E-state index is -1.07. The molecule has 0 bridgehead atoms. The number of ether oxygens (including phenoxy) is 2. The fourth-order valence-corrected chi connectivity index (χ4v) is 4.02. The normalized spacial score (nSPS) is 12.3. The second-order valence-electron chi connectivity index (χ2n) is 9.05. The number of hydrogen-bond acceptors (Lipinski definition) is 6. The third-order valence-corrected chi connectivity index (χ3v) is 6.03. The number of amides is 2. The van der Waals surface area contributed by atoms with E-state index in [9.17, 15) is 19.1 Å². The molecule has 2 atom stereocenters. The predicted octanol–water partition coefficient (Wildman–Crippen LogP) is 6.83. The number of phenols is 1. The lowest BCUT2D eigenvalue weighted by molar-refractivity contribution is -0.111. The summed E-state index contributed by atoms with van der Waals surface area (Å²) >= 11 is 0. The smallest absolute Gasteiger partial charge is 0.412 e. The molecule has 9 heteroatoms. The van der Waals surface area contributed by atoms with E-state index in [1.54, 1.807) is 78.9 Å². The van der Waals surface area contributed by atoms with Crippen molar-refractivity contribution in [3.05, 3.63) is 127 Å². The molecule has 0 saturated carbocycles. The number of allylic oxidation sites excluding steroid dienone is 1. The lowest BCUT2D eigenvalue weighted by Gasteiger charge is -2.28. The second kappa shape index (κ2) is 14.2. The number of benzene rings is 4. The van der Waals surface area contributed by atoms with E-state index in [0.717, 1.165) is 6.07 Å². The third-order valence-electron chi connectivity index (χ3n) is 6.03. The summed E-state index contributed by atoms with van der Waals surface area (Å²) in [5.41, 5.74) is 7.63. The van der Waals surface area contributed by atoms with Gasteiger partial charge in [-0.25, -0.2) is 9.18 Å². The average Bonchev–Trinajstić information content (AvgIpc) is 2.97. The first-order valence-electron chi connectivity index (χ1n) is 12.9. The number of aromatic hydroxyl groups is 1. The Hall–Kier alpha value is -5.31. The van der Waals surface area contributed by atoms with E-state index in [1.807, 2.05) is 12.1 Å². The van der Waals surface area contributed by atoms with Crippen LogP contribution in [0.5, 0.6) is 11.5 Å². The minimum absolute atomic E-state index is 0.283. The highest BCUT2D eigenvalue weighted by Crippen LogP contribution is 2.31. The summed E-state index contributed by atoms with van der Waals surface area (Å²) in [5, 5.41) is 15.1. The van der Waals surface area contributed by atoms with Crippen LogP contribution >= 0.6 is 0 Å². The average molecular weight is 556 g/mol. The van der Waals surface area contributed by atoms with E-state index < -0.39 is 29.9 Å². The second-order valence-corrected chi connectivity index (χ2v) is 9.05. The van der Waals surface area contributed by atoms with Gasteiger partial charge in [0.05, 0.1) is 11.4 Å². The molecule has 0 fully saturated rings. The van der Waals surface area contributed by atoms with Gasteiger partial charge in [0.15, 0.2) is 17.7 Å². The molecule has 4 aromatic carbocycles. The maximum absolute atomic E-state index is 14.4. The molecule has 0 unspecified atom stereocenters. The van der Waals surface area contributed by atoms with Crippen LogP contribution in [0.4, 0.5) is 26.2 Å². The van der Waals surface area contributed by atoms with Gasteiger partial charge in [0, 0.05) is 5.69 Å². The summed E-state index contributed by atoms with van der Waals surface area (Å²) in [6.45, 7) is 0. The molecule has 0 heterocycles. The number of carbonyl (C=O) groups excluding carboxylic acids is 2. The number of carbonyl (C=O) groups is 2. The molecule has 8 nitrogen and oxygen atoms in total. The maximum Gasteiger partial charge on any atom is 0.412 e. The number of nitrogens with one attached hydrogen (secondary N) is 2. The number of nitrogen functional groups attached to an aromatic ring is 1. The number of rotatable bonds is 11. The van der Waals surface area contributed by atoms with Gasteiger partial charge >= 0.3 is 6.09 Å². The highest BCUT2D eigenvalue weighted by molar-refractivity contribution is 6.01. The molecule has 41 heavy (non-hydrogen) atoms. The molecule has 2 amide bonds. The van der Waals surface area contributed by atoms with Gasteiger partial charge in [-0.1, -0.05) is 60.7 Å². The van der Waals surface area contributed by atoms with Gasteiger partial charge < -0.3 is 25.6 Å². The maximum atomic E-state index is 14.4. The lowest BCUT2D eigenvalue weighted by atomic mass is 9.99. The topological polar surface area (TPSA) is 123 Å². The molecule has 0 aliphatic heterocycles. The van der Waals surface area contributed by atoms with Crippen LogP contribution in [0.15, 0.2) is 115 Å². The van der Waals surface area contributed by atoms with Crippen LogP contribution in [0.25, 0.3) is 0 Å². The Morgan fingerprint density at radius 2 is 1.59 bits per heavy atom. The molecule has 0 aromatic heterocycles. The summed E-state index contributed by atoms with van der Waals surface area (Å²) in [6.07, 6.45) is 1.05. The van der Waals surface area contributed by atoms with Crippen molar-refractivity contribution in [2.45, 2.75) is 25.0 Å². The van der Waals surface area contributed by atoms with Crippen molar-refractivity contribution in [1.29, 1.82) is 0 Å². The van der Waals surface area contributed by atoms with E-state index in [2.05, 4.69) is 10.6 Å². The van der Waals surface area contributed by atoms with Gasteiger partial charge in [0.1, 0.15) is 11.9 Å². The Bertz CT molecular complexity index is 1480. The molecule has 210 valence electrons. The number of halogens is 1. The molecular formula is C32H30FN3O5. The molecule has 0 spiro atoms. The first-order chi connectivity index (χ1) is 19.9. The van der Waals surface area contributed by atoms with Crippen LogP contribution in [0.2, 0.25) is 0 Å². The monoisotopic (exact) mass is 555 g/mol. The standard InChI is InChI=1S/C32H30FN3O5/c33-25-21-22(19-20-28(25)37)31(41-32(39)35-23-11-3-1-4-12-23)29(40-24-13-5-2-6-14-24)17-9-10-18-30(38)36-27-16-8-7-15-26(27)34/h1-8,10-16,18-21,29,31,37H,9,17,34H2,(H,35,39)(H,36,38)/b18-10+/t29-,31-/m0/s1. The van der Waals surface area contributed by atoms with Crippen LogP contribution in [0.1, 0.15) is 24.5 Å². The molecular weight excluding hydrogens is 525 g/mol. The van der Waals surface area contributed by atoms with Crippen molar-refractivity contribution in [2.75, 3.05) is 16.4 Å². The van der Waals surface area contributed by atoms with E-state index >= 15 is 0 Å². The summed E-state index contributed by atoms with van der Waals surface area (Å²) in [7, 11) is 0. The number of anilines is 3. The van der Waals surface area contributed by atoms with Gasteiger partial charge in [-0.3, -0.25) is 10.1 Å². The Morgan fingerprint density at radius 3 is 2.29 bits per heavy atom. The predicted molar refractivity (Wildman–Crippen MR) is 156 cm³/mol. The third kappa shape index (κ3) is 8.59. The Kier molecular flexibility index (Phi) is 9.92. The van der Waals surface area contributed by atoms with Crippen molar-refractivity contribution in [3.63, 3.8) is 0 Å². The zero-order chi connectivity index (χ0) is 29.0. The molecule has 4 rings (SSSR count). The van der Waals surface area contributed by atoms with Gasteiger partial charge in [-0.15, -0.1) is 0 Å². The van der Waals surface area contributed by atoms with Crippen molar-refractivity contribution >= 4 is 29.1 Å². The van der Waals surface area contributed by atoms with Crippen LogP contribution in [-0.4, -0.2) is 23.2 Å². The first kappa shape index (κ1) is 28.7. The van der Waals surface area contributed by atoms with Gasteiger partial charge in [0.2, 0.25) is 5.91 Å². The molecule has 0 saturated heterocycles. The zero-order valence-corrected chi connectivity index (χ0v) is 22.1. The zero-order valence-electron chi connectivity index (χ0n) is 22.1. The van der Waals surface area contributed by atoms with Crippen molar-refractivity contribution in [2.24, 2.45) is 0 Å². The van der Waals surface area contributed by atoms with E-state index in [-0.39, 0.29) is 17.9 Å². The van der Waals surface area contributed by atoms with Gasteiger partial charge in [-0.2, -0.15) is 0 Å². The molecule has 0 radical (unpaired) electrons. The molecule has 0 aliphatic carbocycles. The highest BCUT2D eigenvalue weighted by Gasteiger charge is 2.30. The molecule has 4 aromatic rings. The van der Waals surface area contributed by atoms with Crippen LogP contribution < -0.4 is 21.1 Å². The molecule has 0 aliphatic rings. The highest BCUT2D eigenvalue weighted by atomic mass is 19.1. The number of para-hydroxylation sites is 4. The van der Waals surface area contributed by atoms with Gasteiger partial charge in [-0.05, 0) is 73.0 Å². The Labute approximate surface area is 237 Å². The van der Waals surface area contributed by atoms with Crippen LogP contribution in [0.3, 0.4) is 0 Å². The number of phenolic OH excluding ortho intramolecular Hbond substituents is 1. The Morgan fingerprint density at radius 1 is 0.902 bits per heavy atom. The van der Waals surface area contributed by atoms with E-state index in [4.69, 9.17) is 15.2 Å². The fourth-order valence-electron chi connectivity index (χ4n) is 4.02. The Balaban J connectivity index is 1.54. The SMILES string of the molecule is Nc1ccccc1NC(=O)/C=C/CC[C@H](Oc1ccccc1)[C@@H](OC(=O)Nc1ccccc1)c1ccc(O)c(F)c1. The number of hydrogen-bond donors (Lipinski definition) is 4. The van der Waals surface area contributed by atoms with Crippen molar-refractivity contribution in [1.82, 2.24) is 0 Å². The molecule has 5 N–H and O–H groups in total. The fraction of sp³-hybridized carbons (Fsp3) is 0.125. The quantitative estimate of drug-likeness (QED) is 0.119. The summed E-state index contributed by atoms with van der Waals surface area (Å²) in [6, 6.07) is 28.3. The largest absolute Gasteiger partial charge is 0.505 e. The lowest BCUT2D eigenvalue weighted by Crippen LogP contribution is -2.31.